The molecule has 0 bridgehead atoms. The van der Waals surface area contributed by atoms with E-state index in [2.05, 4.69) is 43.3 Å². The Morgan fingerprint density at radius 2 is 1.79 bits per heavy atom. The number of aliphatic hydroxyl groups excluding tert-OH is 2. The molecule has 2 N–H and O–H groups in total. The van der Waals surface area contributed by atoms with Crippen molar-refractivity contribution in [3.8, 4) is 6.07 Å². The number of ether oxygens (including phenoxy) is 1. The molecule has 0 unspecified atom stereocenters. The predicted molar refractivity (Wildman–Crippen MR) is 112 cm³/mol. The Balaban J connectivity index is 1.64. The first-order valence-electron chi connectivity index (χ1n) is 10.7. The fourth-order valence-electron chi connectivity index (χ4n) is 4.41. The number of aliphatic hydroxyl groups is 2. The molecule has 1 saturated heterocycles. The molecule has 3 atom stereocenters. The van der Waals surface area contributed by atoms with Gasteiger partial charge in [0.15, 0.2) is 0 Å². The van der Waals surface area contributed by atoms with Crippen molar-refractivity contribution in [2.45, 2.75) is 69.7 Å². The Kier molecular flexibility index (Phi) is 6.01. The molecule has 1 saturated carbocycles. The van der Waals surface area contributed by atoms with Crippen molar-refractivity contribution in [1.82, 2.24) is 0 Å². The first kappa shape index (κ1) is 20.1. The Labute approximate surface area is 172 Å². The van der Waals surface area contributed by atoms with Crippen LogP contribution in [0.3, 0.4) is 0 Å². The largest absolute Gasteiger partial charge is 0.394 e. The van der Waals surface area contributed by atoms with E-state index in [0.717, 1.165) is 34.6 Å². The van der Waals surface area contributed by atoms with Gasteiger partial charge in [-0.1, -0.05) is 43.3 Å². The van der Waals surface area contributed by atoms with Crippen LogP contribution < -0.4 is 0 Å². The van der Waals surface area contributed by atoms with Crippen LogP contribution in [0.2, 0.25) is 0 Å². The van der Waals surface area contributed by atoms with Crippen LogP contribution in [0.4, 0.5) is 0 Å². The summed E-state index contributed by atoms with van der Waals surface area (Å²) >= 11 is 0. The molecule has 2 fully saturated rings. The number of nitriles is 1. The van der Waals surface area contributed by atoms with E-state index in [4.69, 9.17) is 4.74 Å². The highest BCUT2D eigenvalue weighted by Crippen LogP contribution is 2.40. The highest BCUT2D eigenvalue weighted by atomic mass is 16.5. The molecular formula is C25H29NO3. The molecule has 4 rings (SSSR count). The SMILES string of the molecule is CCc1cc([C@H]2C[C@@H](O)C[C@@H](CO)O2)cc(Cc2ccc(C3CC3)cc2)c1C#N. The summed E-state index contributed by atoms with van der Waals surface area (Å²) in [6.45, 7) is 1.96. The summed E-state index contributed by atoms with van der Waals surface area (Å²) in [4.78, 5) is 0. The van der Waals surface area contributed by atoms with E-state index in [1.54, 1.807) is 0 Å². The molecule has 2 aliphatic rings. The van der Waals surface area contributed by atoms with E-state index < -0.39 is 6.10 Å². The molecule has 0 radical (unpaired) electrons. The van der Waals surface area contributed by atoms with Gasteiger partial charge in [-0.25, -0.2) is 0 Å². The van der Waals surface area contributed by atoms with Gasteiger partial charge in [0.05, 0.1) is 36.6 Å². The number of nitrogens with zero attached hydrogens (tertiary/aromatic N) is 1. The van der Waals surface area contributed by atoms with Crippen LogP contribution in [0.1, 0.15) is 78.0 Å². The maximum atomic E-state index is 10.2. The van der Waals surface area contributed by atoms with E-state index in [0.29, 0.717) is 19.3 Å². The Morgan fingerprint density at radius 3 is 2.41 bits per heavy atom. The van der Waals surface area contributed by atoms with E-state index in [-0.39, 0.29) is 18.8 Å². The summed E-state index contributed by atoms with van der Waals surface area (Å²) in [5.41, 5.74) is 6.36. The zero-order chi connectivity index (χ0) is 20.4. The van der Waals surface area contributed by atoms with Gasteiger partial charge in [-0.3, -0.25) is 0 Å². The molecule has 0 aromatic heterocycles. The lowest BCUT2D eigenvalue weighted by atomic mass is 9.88. The highest BCUT2D eigenvalue weighted by Gasteiger charge is 2.30. The summed E-state index contributed by atoms with van der Waals surface area (Å²) in [5, 5.41) is 29.5. The van der Waals surface area contributed by atoms with Gasteiger partial charge in [0.1, 0.15) is 0 Å². The van der Waals surface area contributed by atoms with Crippen molar-refractivity contribution in [3.63, 3.8) is 0 Å². The second kappa shape index (κ2) is 8.67. The van der Waals surface area contributed by atoms with E-state index >= 15 is 0 Å². The molecule has 4 nitrogen and oxygen atoms in total. The lowest BCUT2D eigenvalue weighted by Gasteiger charge is -2.33. The van der Waals surface area contributed by atoms with Crippen LogP contribution in [0.15, 0.2) is 36.4 Å². The first-order chi connectivity index (χ1) is 14.1. The quantitative estimate of drug-likeness (QED) is 0.775. The van der Waals surface area contributed by atoms with Crippen molar-refractivity contribution in [1.29, 1.82) is 5.26 Å². The Bertz CT molecular complexity index is 896. The summed E-state index contributed by atoms with van der Waals surface area (Å²) in [6, 6.07) is 15.3. The minimum atomic E-state index is -0.481. The van der Waals surface area contributed by atoms with E-state index in [9.17, 15) is 15.5 Å². The molecule has 1 heterocycles. The monoisotopic (exact) mass is 391 g/mol. The predicted octanol–water partition coefficient (Wildman–Crippen LogP) is 4.16. The second-order valence-corrected chi connectivity index (χ2v) is 8.43. The third kappa shape index (κ3) is 4.53. The average molecular weight is 392 g/mol. The molecule has 0 amide bonds. The molecular weight excluding hydrogens is 362 g/mol. The minimum Gasteiger partial charge on any atom is -0.394 e. The maximum absolute atomic E-state index is 10.2. The van der Waals surface area contributed by atoms with Crippen molar-refractivity contribution >= 4 is 0 Å². The van der Waals surface area contributed by atoms with Crippen LogP contribution in [0, 0.1) is 11.3 Å². The van der Waals surface area contributed by atoms with Gasteiger partial charge in [0.2, 0.25) is 0 Å². The van der Waals surface area contributed by atoms with Gasteiger partial charge in [0.25, 0.3) is 0 Å². The maximum Gasteiger partial charge on any atom is 0.0997 e. The van der Waals surface area contributed by atoms with Gasteiger partial charge >= 0.3 is 0 Å². The average Bonchev–Trinajstić information content (AvgIpc) is 3.58. The smallest absolute Gasteiger partial charge is 0.0997 e. The van der Waals surface area contributed by atoms with Crippen molar-refractivity contribution < 1.29 is 14.9 Å². The minimum absolute atomic E-state index is 0.0926. The van der Waals surface area contributed by atoms with Crippen LogP contribution in [-0.4, -0.2) is 29.0 Å². The van der Waals surface area contributed by atoms with Gasteiger partial charge in [-0.2, -0.15) is 5.26 Å². The lowest BCUT2D eigenvalue weighted by molar-refractivity contribution is -0.113. The van der Waals surface area contributed by atoms with Crippen molar-refractivity contribution in [3.05, 3.63) is 69.8 Å². The van der Waals surface area contributed by atoms with E-state index in [1.165, 1.54) is 24.0 Å². The zero-order valence-electron chi connectivity index (χ0n) is 17.0. The van der Waals surface area contributed by atoms with Crippen LogP contribution in [0.5, 0.6) is 0 Å². The third-order valence-corrected chi connectivity index (χ3v) is 6.19. The highest BCUT2D eigenvalue weighted by molar-refractivity contribution is 5.49. The second-order valence-electron chi connectivity index (χ2n) is 8.43. The standard InChI is InChI=1S/C25H29NO3/c1-2-17-10-21(25-13-22(28)12-23(15-27)29-25)11-20(24(17)14-26)9-16-3-5-18(6-4-16)19-7-8-19/h3-6,10-11,19,22-23,25,27-28H,2,7-9,12-13,15H2,1H3/t22-,23-,25+/m0/s1. The molecule has 2 aromatic rings. The Hall–Kier alpha value is -2.19. The van der Waals surface area contributed by atoms with E-state index in [1.807, 2.05) is 6.07 Å². The molecule has 29 heavy (non-hydrogen) atoms. The number of hydrogen-bond acceptors (Lipinski definition) is 4. The summed E-state index contributed by atoms with van der Waals surface area (Å²) in [7, 11) is 0. The molecule has 1 aliphatic carbocycles. The topological polar surface area (TPSA) is 73.5 Å². The van der Waals surface area contributed by atoms with Crippen LogP contribution in [0.25, 0.3) is 0 Å². The first-order valence-corrected chi connectivity index (χ1v) is 10.7. The number of rotatable bonds is 6. The summed E-state index contributed by atoms with van der Waals surface area (Å²) < 4.78 is 6.03. The van der Waals surface area contributed by atoms with Crippen LogP contribution in [-0.2, 0) is 17.6 Å². The number of hydrogen-bond donors (Lipinski definition) is 2. The molecule has 1 aliphatic heterocycles. The normalized spacial score (nSPS) is 24.3. The number of aryl methyl sites for hydroxylation is 1. The fraction of sp³-hybridized carbons (Fsp3) is 0.480. The van der Waals surface area contributed by atoms with Gasteiger partial charge in [-0.05, 0) is 59.4 Å². The lowest BCUT2D eigenvalue weighted by Crippen LogP contribution is -2.33. The number of benzene rings is 2. The Morgan fingerprint density at radius 1 is 1.07 bits per heavy atom. The van der Waals surface area contributed by atoms with Gasteiger partial charge in [-0.15, -0.1) is 0 Å². The fourth-order valence-corrected chi connectivity index (χ4v) is 4.41. The van der Waals surface area contributed by atoms with Gasteiger partial charge in [0, 0.05) is 12.8 Å². The summed E-state index contributed by atoms with van der Waals surface area (Å²) in [6.07, 6.45) is 3.95. The van der Waals surface area contributed by atoms with Crippen molar-refractivity contribution in [2.24, 2.45) is 0 Å². The van der Waals surface area contributed by atoms with Crippen LogP contribution >= 0.6 is 0 Å². The molecule has 2 aromatic carbocycles. The third-order valence-electron chi connectivity index (χ3n) is 6.19. The van der Waals surface area contributed by atoms with Crippen molar-refractivity contribution in [2.75, 3.05) is 6.61 Å². The zero-order valence-corrected chi connectivity index (χ0v) is 17.0. The molecule has 4 heteroatoms. The molecule has 152 valence electrons. The summed E-state index contributed by atoms with van der Waals surface area (Å²) in [5.74, 6) is 0.739. The molecule has 0 spiro atoms. The van der Waals surface area contributed by atoms with Gasteiger partial charge < -0.3 is 14.9 Å².